The summed E-state index contributed by atoms with van der Waals surface area (Å²) in [6.07, 6.45) is -3.53. The Morgan fingerprint density at radius 3 is 2.64 bits per heavy atom. The van der Waals surface area contributed by atoms with E-state index in [0.29, 0.717) is 17.2 Å². The lowest BCUT2D eigenvalue weighted by Gasteiger charge is -2.15. The monoisotopic (exact) mass is 358 g/mol. The molecule has 1 fully saturated rings. The third-order valence-corrected chi connectivity index (χ3v) is 3.85. The lowest BCUT2D eigenvalue weighted by atomic mass is 10.1. The molecule has 1 aliphatic carbocycles. The number of amides is 2. The molecule has 2 N–H and O–H groups in total. The zero-order valence-corrected chi connectivity index (χ0v) is 14.0. The van der Waals surface area contributed by atoms with Crippen molar-refractivity contribution in [2.24, 2.45) is 11.8 Å². The van der Waals surface area contributed by atoms with E-state index >= 15 is 0 Å². The normalized spacial score (nSPS) is 20.7. The SMILES string of the molecule is CC(COCC(F)(F)F)NC(=O)c1cccc(NC(=O)C2CC2C)c1. The summed E-state index contributed by atoms with van der Waals surface area (Å²) in [6, 6.07) is 5.82. The van der Waals surface area contributed by atoms with Gasteiger partial charge >= 0.3 is 6.18 Å². The molecule has 25 heavy (non-hydrogen) atoms. The van der Waals surface area contributed by atoms with Gasteiger partial charge < -0.3 is 15.4 Å². The van der Waals surface area contributed by atoms with Crippen molar-refractivity contribution in [3.05, 3.63) is 29.8 Å². The van der Waals surface area contributed by atoms with Crippen molar-refractivity contribution >= 4 is 17.5 Å². The average molecular weight is 358 g/mol. The Morgan fingerprint density at radius 2 is 2.04 bits per heavy atom. The van der Waals surface area contributed by atoms with Crippen molar-refractivity contribution < 1.29 is 27.5 Å². The molecule has 5 nitrogen and oxygen atoms in total. The van der Waals surface area contributed by atoms with Gasteiger partial charge in [0.25, 0.3) is 5.91 Å². The quantitative estimate of drug-likeness (QED) is 0.787. The molecule has 0 aromatic heterocycles. The van der Waals surface area contributed by atoms with Crippen molar-refractivity contribution in [2.75, 3.05) is 18.5 Å². The van der Waals surface area contributed by atoms with Gasteiger partial charge in [-0.05, 0) is 37.5 Å². The fraction of sp³-hybridized carbons (Fsp3) is 0.529. The van der Waals surface area contributed by atoms with Gasteiger partial charge in [0.2, 0.25) is 5.91 Å². The Balaban J connectivity index is 1.84. The number of anilines is 1. The molecule has 0 saturated heterocycles. The maximum Gasteiger partial charge on any atom is 0.411 e. The third kappa shape index (κ3) is 6.38. The van der Waals surface area contributed by atoms with E-state index in [1.807, 2.05) is 6.92 Å². The van der Waals surface area contributed by atoms with Crippen LogP contribution in [-0.4, -0.2) is 37.2 Å². The van der Waals surface area contributed by atoms with Crippen LogP contribution in [0.1, 0.15) is 30.6 Å². The van der Waals surface area contributed by atoms with Crippen LogP contribution in [0.15, 0.2) is 24.3 Å². The minimum Gasteiger partial charge on any atom is -0.370 e. The van der Waals surface area contributed by atoms with E-state index in [2.05, 4.69) is 15.4 Å². The van der Waals surface area contributed by atoms with Gasteiger partial charge in [-0.2, -0.15) is 13.2 Å². The van der Waals surface area contributed by atoms with Gasteiger partial charge in [-0.25, -0.2) is 0 Å². The van der Waals surface area contributed by atoms with Crippen LogP contribution in [0.2, 0.25) is 0 Å². The largest absolute Gasteiger partial charge is 0.411 e. The van der Waals surface area contributed by atoms with Gasteiger partial charge in [0.1, 0.15) is 6.61 Å². The van der Waals surface area contributed by atoms with Crippen molar-refractivity contribution in [3.63, 3.8) is 0 Å². The number of carbonyl (C=O) groups is 2. The molecule has 0 aliphatic heterocycles. The van der Waals surface area contributed by atoms with Crippen molar-refractivity contribution in [1.82, 2.24) is 5.32 Å². The minimum absolute atomic E-state index is 0.0169. The van der Waals surface area contributed by atoms with E-state index in [1.54, 1.807) is 25.1 Å². The van der Waals surface area contributed by atoms with Crippen LogP contribution in [0, 0.1) is 11.8 Å². The summed E-state index contributed by atoms with van der Waals surface area (Å²) in [5, 5.41) is 5.33. The fourth-order valence-corrected chi connectivity index (χ4v) is 2.36. The second-order valence-corrected chi connectivity index (χ2v) is 6.39. The number of hydrogen-bond donors (Lipinski definition) is 2. The maximum atomic E-state index is 12.1. The number of ether oxygens (including phenoxy) is 1. The molecule has 1 aromatic carbocycles. The zero-order chi connectivity index (χ0) is 18.6. The Morgan fingerprint density at radius 1 is 1.36 bits per heavy atom. The molecular weight excluding hydrogens is 337 g/mol. The van der Waals surface area contributed by atoms with Crippen molar-refractivity contribution in [2.45, 2.75) is 32.5 Å². The Labute approximate surface area is 143 Å². The van der Waals surface area contributed by atoms with Crippen molar-refractivity contribution in [1.29, 1.82) is 0 Å². The first-order valence-electron chi connectivity index (χ1n) is 8.02. The first kappa shape index (κ1) is 19.2. The van der Waals surface area contributed by atoms with Crippen LogP contribution >= 0.6 is 0 Å². The van der Waals surface area contributed by atoms with Gasteiger partial charge in [0.15, 0.2) is 0 Å². The molecule has 0 bridgehead atoms. The molecule has 0 radical (unpaired) electrons. The van der Waals surface area contributed by atoms with Crippen LogP contribution in [0.4, 0.5) is 18.9 Å². The highest BCUT2D eigenvalue weighted by molar-refractivity contribution is 5.98. The Kier molecular flexibility index (Phi) is 6.05. The molecule has 3 atom stereocenters. The van der Waals surface area contributed by atoms with Crippen LogP contribution in [-0.2, 0) is 9.53 Å². The Hall–Kier alpha value is -2.09. The highest BCUT2D eigenvalue weighted by atomic mass is 19.4. The number of carbonyl (C=O) groups excluding carboxylic acids is 2. The van der Waals surface area contributed by atoms with Gasteiger partial charge in [0.05, 0.1) is 6.61 Å². The molecule has 2 amide bonds. The molecule has 1 aromatic rings. The molecule has 2 rings (SSSR count). The standard InChI is InChI=1S/C17H21F3N2O3/c1-10-6-14(10)16(24)22-13-5-3-4-12(7-13)15(23)21-11(2)8-25-9-17(18,19)20/h3-5,7,10-11,14H,6,8-9H2,1-2H3,(H,21,23)(H,22,24). The second kappa shape index (κ2) is 7.86. The van der Waals surface area contributed by atoms with Gasteiger partial charge in [-0.15, -0.1) is 0 Å². The fourth-order valence-electron chi connectivity index (χ4n) is 2.36. The van der Waals surface area contributed by atoms with Crippen LogP contribution in [0.25, 0.3) is 0 Å². The molecule has 8 heteroatoms. The summed E-state index contributed by atoms with van der Waals surface area (Å²) >= 11 is 0. The molecule has 3 unspecified atom stereocenters. The van der Waals surface area contributed by atoms with Crippen LogP contribution in [0.3, 0.4) is 0 Å². The summed E-state index contributed by atoms with van der Waals surface area (Å²) in [4.78, 5) is 24.1. The lowest BCUT2D eigenvalue weighted by Crippen LogP contribution is -2.36. The topological polar surface area (TPSA) is 67.4 Å². The summed E-state index contributed by atoms with van der Waals surface area (Å²) in [7, 11) is 0. The third-order valence-electron chi connectivity index (χ3n) is 3.85. The van der Waals surface area contributed by atoms with E-state index < -0.39 is 24.7 Å². The molecular formula is C17H21F3N2O3. The summed E-state index contributed by atoms with van der Waals surface area (Å²) < 4.78 is 40.6. The van der Waals surface area contributed by atoms with Gasteiger partial charge in [-0.1, -0.05) is 13.0 Å². The zero-order valence-electron chi connectivity index (χ0n) is 14.0. The summed E-state index contributed by atoms with van der Waals surface area (Å²) in [6.45, 7) is 1.94. The predicted octanol–water partition coefficient (Wildman–Crippen LogP) is 2.98. The molecule has 1 aliphatic rings. The van der Waals surface area contributed by atoms with Gasteiger partial charge in [-0.3, -0.25) is 9.59 Å². The second-order valence-electron chi connectivity index (χ2n) is 6.39. The molecule has 1 saturated carbocycles. The van der Waals surface area contributed by atoms with E-state index in [0.717, 1.165) is 6.42 Å². The lowest BCUT2D eigenvalue weighted by molar-refractivity contribution is -0.174. The number of hydrogen-bond acceptors (Lipinski definition) is 3. The smallest absolute Gasteiger partial charge is 0.370 e. The van der Waals surface area contributed by atoms with E-state index in [-0.39, 0.29) is 18.4 Å². The predicted molar refractivity (Wildman–Crippen MR) is 86.1 cm³/mol. The number of benzene rings is 1. The highest BCUT2D eigenvalue weighted by Gasteiger charge is 2.39. The van der Waals surface area contributed by atoms with Crippen molar-refractivity contribution in [3.8, 4) is 0 Å². The number of rotatable bonds is 7. The highest BCUT2D eigenvalue weighted by Crippen LogP contribution is 2.38. The average Bonchev–Trinajstić information content (AvgIpc) is 3.23. The molecule has 0 spiro atoms. The number of halogens is 3. The summed E-state index contributed by atoms with van der Waals surface area (Å²) in [5.74, 6) is -0.120. The maximum absolute atomic E-state index is 12.1. The summed E-state index contributed by atoms with van der Waals surface area (Å²) in [5.41, 5.74) is 0.821. The van der Waals surface area contributed by atoms with Crippen LogP contribution < -0.4 is 10.6 Å². The van der Waals surface area contributed by atoms with E-state index in [1.165, 1.54) is 6.07 Å². The number of nitrogens with one attached hydrogen (secondary N) is 2. The minimum atomic E-state index is -4.39. The molecule has 0 heterocycles. The van der Waals surface area contributed by atoms with E-state index in [9.17, 15) is 22.8 Å². The molecule has 138 valence electrons. The first-order valence-corrected chi connectivity index (χ1v) is 8.02. The Bertz CT molecular complexity index is 634. The van der Waals surface area contributed by atoms with Crippen LogP contribution in [0.5, 0.6) is 0 Å². The van der Waals surface area contributed by atoms with E-state index in [4.69, 9.17) is 0 Å². The first-order chi connectivity index (χ1) is 11.7. The van der Waals surface area contributed by atoms with Gasteiger partial charge in [0, 0.05) is 23.2 Å². The number of alkyl halides is 3.